The van der Waals surface area contributed by atoms with Gasteiger partial charge in [-0.25, -0.2) is 0 Å². The van der Waals surface area contributed by atoms with Crippen molar-refractivity contribution in [2.45, 2.75) is 12.8 Å². The lowest BCUT2D eigenvalue weighted by Gasteiger charge is -2.31. The third kappa shape index (κ3) is 2.47. The van der Waals surface area contributed by atoms with Crippen LogP contribution in [0.5, 0.6) is 0 Å². The number of carboxylic acid groups (broad SMARTS) is 1. The second kappa shape index (κ2) is 5.63. The van der Waals surface area contributed by atoms with E-state index in [4.69, 9.17) is 5.11 Å². The van der Waals surface area contributed by atoms with Gasteiger partial charge in [-0.1, -0.05) is 18.2 Å². The molecule has 3 rings (SSSR count). The Morgan fingerprint density at radius 2 is 1.95 bits per heavy atom. The number of hydrogen-bond donors (Lipinski definition) is 2. The van der Waals surface area contributed by atoms with Crippen LogP contribution >= 0.6 is 0 Å². The Balaban J connectivity index is 1.97. The van der Waals surface area contributed by atoms with Gasteiger partial charge in [0.2, 0.25) is 0 Å². The number of pyridine rings is 1. The molecule has 2 N–H and O–H groups in total. The fourth-order valence-corrected chi connectivity index (χ4v) is 2.92. The Bertz CT molecular complexity index is 796. The van der Waals surface area contributed by atoms with Gasteiger partial charge in [0.1, 0.15) is 0 Å². The fraction of sp³-hybridized carbons (Fsp3) is 0.312. The fourth-order valence-electron chi connectivity index (χ4n) is 2.92. The number of rotatable bonds is 2. The molecule has 114 valence electrons. The predicted molar refractivity (Wildman–Crippen MR) is 80.8 cm³/mol. The van der Waals surface area contributed by atoms with E-state index in [0.29, 0.717) is 35.7 Å². The van der Waals surface area contributed by atoms with Gasteiger partial charge >= 0.3 is 5.97 Å². The molecule has 1 amide bonds. The highest BCUT2D eigenvalue weighted by molar-refractivity contribution is 6.06. The molecule has 0 saturated carbocycles. The summed E-state index contributed by atoms with van der Waals surface area (Å²) in [7, 11) is 0. The molecule has 1 aliphatic heterocycles. The van der Waals surface area contributed by atoms with Crippen LogP contribution in [0, 0.1) is 5.92 Å². The Kier molecular flexibility index (Phi) is 3.66. The number of carbonyl (C=O) groups is 2. The molecule has 0 aliphatic carbocycles. The number of nitrogens with one attached hydrogen (secondary N) is 1. The van der Waals surface area contributed by atoms with Crippen LogP contribution in [0.2, 0.25) is 0 Å². The summed E-state index contributed by atoms with van der Waals surface area (Å²) in [6.07, 6.45) is 2.67. The van der Waals surface area contributed by atoms with Crippen molar-refractivity contribution in [3.05, 3.63) is 46.4 Å². The highest BCUT2D eigenvalue weighted by atomic mass is 16.4. The molecule has 1 aromatic heterocycles. The van der Waals surface area contributed by atoms with Crippen molar-refractivity contribution in [2.75, 3.05) is 13.1 Å². The number of aromatic nitrogens is 1. The van der Waals surface area contributed by atoms with Crippen LogP contribution in [-0.2, 0) is 4.79 Å². The number of piperidine rings is 1. The molecular weight excluding hydrogens is 284 g/mol. The van der Waals surface area contributed by atoms with Crippen LogP contribution in [0.4, 0.5) is 0 Å². The number of aromatic amines is 1. The lowest BCUT2D eigenvalue weighted by Crippen LogP contribution is -2.42. The van der Waals surface area contributed by atoms with Gasteiger partial charge in [0.15, 0.2) is 0 Å². The van der Waals surface area contributed by atoms with Gasteiger partial charge in [-0.05, 0) is 18.9 Å². The van der Waals surface area contributed by atoms with E-state index in [2.05, 4.69) is 4.98 Å². The van der Waals surface area contributed by atoms with Gasteiger partial charge in [-0.15, -0.1) is 0 Å². The van der Waals surface area contributed by atoms with E-state index >= 15 is 0 Å². The smallest absolute Gasteiger partial charge is 0.308 e. The zero-order valence-corrected chi connectivity index (χ0v) is 11.9. The largest absolute Gasteiger partial charge is 0.481 e. The summed E-state index contributed by atoms with van der Waals surface area (Å²) in [5.74, 6) is -1.63. The van der Waals surface area contributed by atoms with E-state index in [-0.39, 0.29) is 18.0 Å². The minimum Gasteiger partial charge on any atom is -0.481 e. The highest BCUT2D eigenvalue weighted by Gasteiger charge is 2.29. The molecule has 22 heavy (non-hydrogen) atoms. The molecular formula is C16H16N2O4. The molecule has 1 fully saturated rings. The standard InChI is InChI=1S/C16H16N2O4/c19-14-12-6-2-1-5-11(12)13(8-17-14)15(20)18-7-3-4-10(9-18)16(21)22/h1-2,5-6,8,10H,3-4,7,9H2,(H,17,19)(H,21,22). The van der Waals surface area contributed by atoms with Crippen LogP contribution in [0.3, 0.4) is 0 Å². The van der Waals surface area contributed by atoms with Gasteiger partial charge in [0.05, 0.1) is 11.5 Å². The summed E-state index contributed by atoms with van der Waals surface area (Å²) in [5.41, 5.74) is 0.162. The molecule has 6 nitrogen and oxygen atoms in total. The first-order valence-corrected chi connectivity index (χ1v) is 7.20. The number of amides is 1. The van der Waals surface area contributed by atoms with Crippen molar-refractivity contribution < 1.29 is 14.7 Å². The van der Waals surface area contributed by atoms with Gasteiger partial charge in [0.25, 0.3) is 11.5 Å². The first kappa shape index (κ1) is 14.3. The lowest BCUT2D eigenvalue weighted by atomic mass is 9.97. The molecule has 6 heteroatoms. The van der Waals surface area contributed by atoms with Gasteiger partial charge < -0.3 is 15.0 Å². The third-order valence-corrected chi connectivity index (χ3v) is 4.10. The van der Waals surface area contributed by atoms with Crippen LogP contribution in [0.25, 0.3) is 10.8 Å². The van der Waals surface area contributed by atoms with E-state index in [9.17, 15) is 14.4 Å². The summed E-state index contributed by atoms with van der Waals surface area (Å²) in [6.45, 7) is 0.748. The monoisotopic (exact) mass is 300 g/mol. The number of likely N-dealkylation sites (tertiary alicyclic amines) is 1. The molecule has 0 spiro atoms. The van der Waals surface area contributed by atoms with E-state index in [1.54, 1.807) is 29.2 Å². The minimum absolute atomic E-state index is 0.210. The summed E-state index contributed by atoms with van der Waals surface area (Å²) >= 11 is 0. The van der Waals surface area contributed by atoms with E-state index < -0.39 is 11.9 Å². The molecule has 1 saturated heterocycles. The first-order chi connectivity index (χ1) is 10.6. The zero-order valence-electron chi connectivity index (χ0n) is 11.9. The van der Waals surface area contributed by atoms with Crippen molar-refractivity contribution in [3.8, 4) is 0 Å². The maximum Gasteiger partial charge on any atom is 0.308 e. The lowest BCUT2D eigenvalue weighted by molar-refractivity contribution is -0.143. The van der Waals surface area contributed by atoms with Crippen LogP contribution < -0.4 is 5.56 Å². The molecule has 1 aliphatic rings. The Morgan fingerprint density at radius 1 is 1.23 bits per heavy atom. The van der Waals surface area contributed by atoms with E-state index in [1.807, 2.05) is 0 Å². The number of benzene rings is 1. The zero-order chi connectivity index (χ0) is 15.7. The van der Waals surface area contributed by atoms with Crippen molar-refractivity contribution in [1.82, 2.24) is 9.88 Å². The first-order valence-electron chi connectivity index (χ1n) is 7.20. The topological polar surface area (TPSA) is 90.5 Å². The van der Waals surface area contributed by atoms with E-state index in [0.717, 1.165) is 0 Å². The molecule has 1 aromatic carbocycles. The highest BCUT2D eigenvalue weighted by Crippen LogP contribution is 2.21. The second-order valence-corrected chi connectivity index (χ2v) is 5.51. The average molecular weight is 300 g/mol. The number of aliphatic carboxylic acids is 1. The second-order valence-electron chi connectivity index (χ2n) is 5.51. The van der Waals surface area contributed by atoms with Crippen LogP contribution in [0.1, 0.15) is 23.2 Å². The summed E-state index contributed by atoms with van der Waals surface area (Å²) in [6, 6.07) is 6.92. The molecule has 0 bridgehead atoms. The van der Waals surface area contributed by atoms with Crippen molar-refractivity contribution >= 4 is 22.6 Å². The third-order valence-electron chi connectivity index (χ3n) is 4.10. The molecule has 1 atom stereocenters. The quantitative estimate of drug-likeness (QED) is 0.878. The normalized spacial score (nSPS) is 18.4. The van der Waals surface area contributed by atoms with Crippen LogP contribution in [0.15, 0.2) is 35.3 Å². The summed E-state index contributed by atoms with van der Waals surface area (Å²) in [5, 5.41) is 10.2. The molecule has 2 aromatic rings. The number of nitrogens with zero attached hydrogens (tertiary/aromatic N) is 1. The number of fused-ring (bicyclic) bond motifs is 1. The van der Waals surface area contributed by atoms with E-state index in [1.165, 1.54) is 6.20 Å². The summed E-state index contributed by atoms with van der Waals surface area (Å²) in [4.78, 5) is 39.8. The molecule has 0 radical (unpaired) electrons. The number of carbonyl (C=O) groups excluding carboxylic acids is 1. The summed E-state index contributed by atoms with van der Waals surface area (Å²) < 4.78 is 0. The Hall–Kier alpha value is -2.63. The number of hydrogen-bond acceptors (Lipinski definition) is 3. The van der Waals surface area contributed by atoms with Crippen molar-refractivity contribution in [2.24, 2.45) is 5.92 Å². The number of carboxylic acids is 1. The Labute approximate surface area is 126 Å². The molecule has 2 heterocycles. The van der Waals surface area contributed by atoms with Crippen LogP contribution in [-0.4, -0.2) is 40.0 Å². The van der Waals surface area contributed by atoms with Crippen molar-refractivity contribution in [1.29, 1.82) is 0 Å². The molecule has 1 unspecified atom stereocenters. The maximum atomic E-state index is 12.7. The van der Waals surface area contributed by atoms with Gasteiger partial charge in [0, 0.05) is 30.1 Å². The Morgan fingerprint density at radius 3 is 2.68 bits per heavy atom. The van der Waals surface area contributed by atoms with Gasteiger partial charge in [-0.2, -0.15) is 0 Å². The average Bonchev–Trinajstić information content (AvgIpc) is 2.55. The number of H-pyrrole nitrogens is 1. The van der Waals surface area contributed by atoms with Crippen molar-refractivity contribution in [3.63, 3.8) is 0 Å². The minimum atomic E-state index is -0.871. The van der Waals surface area contributed by atoms with Gasteiger partial charge in [-0.3, -0.25) is 14.4 Å². The maximum absolute atomic E-state index is 12.7. The SMILES string of the molecule is O=C(O)C1CCCN(C(=O)c2c[nH]c(=O)c3ccccc23)C1. The predicted octanol–water partition coefficient (Wildman–Crippen LogP) is 1.46.